The molecule has 118 valence electrons. The molecule has 0 bridgehead atoms. The summed E-state index contributed by atoms with van der Waals surface area (Å²) in [6, 6.07) is 8.11. The Balaban J connectivity index is 2.21. The largest absolute Gasteiger partial charge is 0.497 e. The van der Waals surface area contributed by atoms with Gasteiger partial charge in [0.25, 0.3) is 5.69 Å². The summed E-state index contributed by atoms with van der Waals surface area (Å²) < 4.78 is 16.3. The number of nitro benzene ring substituents is 1. The number of benzene rings is 2. The summed E-state index contributed by atoms with van der Waals surface area (Å²) in [5, 5.41) is 11.0. The summed E-state index contributed by atoms with van der Waals surface area (Å²) in [5.74, 6) is 1.52. The maximum absolute atomic E-state index is 11.0. The Labute approximate surface area is 131 Å². The Kier molecular flexibility index (Phi) is 3.61. The minimum absolute atomic E-state index is 0.0209. The molecule has 1 heterocycles. The van der Waals surface area contributed by atoms with Gasteiger partial charge in [-0.1, -0.05) is 0 Å². The van der Waals surface area contributed by atoms with Crippen LogP contribution in [0.2, 0.25) is 0 Å². The molecule has 23 heavy (non-hydrogen) atoms. The first-order chi connectivity index (χ1) is 11.0. The van der Waals surface area contributed by atoms with Crippen LogP contribution in [0, 0.1) is 17.0 Å². The maximum Gasteiger partial charge on any atom is 0.272 e. The smallest absolute Gasteiger partial charge is 0.272 e. The van der Waals surface area contributed by atoms with E-state index in [1.807, 2.05) is 0 Å². The fraction of sp³-hybridized carbons (Fsp3) is 0.188. The maximum atomic E-state index is 11.0. The van der Waals surface area contributed by atoms with Gasteiger partial charge in [0.2, 0.25) is 5.89 Å². The summed E-state index contributed by atoms with van der Waals surface area (Å²) in [5.41, 5.74) is 2.18. The number of rotatable bonds is 4. The number of oxazole rings is 1. The van der Waals surface area contributed by atoms with Crippen molar-refractivity contribution < 1.29 is 18.8 Å². The van der Waals surface area contributed by atoms with Crippen LogP contribution in [-0.2, 0) is 0 Å². The lowest BCUT2D eigenvalue weighted by molar-refractivity contribution is -0.384. The average molecular weight is 314 g/mol. The van der Waals surface area contributed by atoms with Crippen LogP contribution >= 0.6 is 0 Å². The zero-order chi connectivity index (χ0) is 16.6. The quantitative estimate of drug-likeness (QED) is 0.538. The van der Waals surface area contributed by atoms with Gasteiger partial charge >= 0.3 is 0 Å². The molecule has 0 aliphatic rings. The van der Waals surface area contributed by atoms with Crippen molar-refractivity contribution in [1.29, 1.82) is 0 Å². The number of non-ortho nitro benzene ring substituents is 1. The number of aryl methyl sites for hydroxylation is 1. The van der Waals surface area contributed by atoms with E-state index < -0.39 is 4.92 Å². The first-order valence-electron chi connectivity index (χ1n) is 6.81. The van der Waals surface area contributed by atoms with Gasteiger partial charge in [0.05, 0.1) is 24.7 Å². The van der Waals surface area contributed by atoms with E-state index in [4.69, 9.17) is 13.9 Å². The van der Waals surface area contributed by atoms with E-state index in [9.17, 15) is 10.1 Å². The number of nitrogens with zero attached hydrogens (tertiary/aromatic N) is 2. The van der Waals surface area contributed by atoms with Crippen LogP contribution in [0.15, 0.2) is 34.7 Å². The van der Waals surface area contributed by atoms with Gasteiger partial charge in [0.1, 0.15) is 17.0 Å². The van der Waals surface area contributed by atoms with Crippen molar-refractivity contribution in [2.45, 2.75) is 6.92 Å². The molecule has 7 nitrogen and oxygen atoms in total. The second kappa shape index (κ2) is 5.60. The first kappa shape index (κ1) is 14.8. The fourth-order valence-corrected chi connectivity index (χ4v) is 2.38. The Morgan fingerprint density at radius 3 is 2.61 bits per heavy atom. The van der Waals surface area contributed by atoms with Crippen LogP contribution in [-0.4, -0.2) is 24.1 Å². The minimum atomic E-state index is -0.451. The topological polar surface area (TPSA) is 87.6 Å². The highest BCUT2D eigenvalue weighted by Gasteiger charge is 2.18. The second-order valence-corrected chi connectivity index (χ2v) is 4.95. The average Bonchev–Trinajstić information content (AvgIpc) is 2.98. The van der Waals surface area contributed by atoms with Gasteiger partial charge in [-0.2, -0.15) is 0 Å². The number of aromatic nitrogens is 1. The Bertz CT molecular complexity index is 901. The summed E-state index contributed by atoms with van der Waals surface area (Å²) >= 11 is 0. The lowest BCUT2D eigenvalue weighted by atomic mass is 10.2. The Morgan fingerprint density at radius 2 is 1.96 bits per heavy atom. The number of hydrogen-bond donors (Lipinski definition) is 0. The standard InChI is InChI=1S/C16H14N2O5/c1-9-6-10(18(19)20)7-13-15(9)23-16(17-13)12-8-11(21-2)4-5-14(12)22-3/h4-8H,1-3H3. The Morgan fingerprint density at radius 1 is 1.17 bits per heavy atom. The van der Waals surface area contributed by atoms with Crippen LogP contribution in [0.5, 0.6) is 11.5 Å². The summed E-state index contributed by atoms with van der Waals surface area (Å²) in [6.45, 7) is 1.74. The molecule has 3 rings (SSSR count). The SMILES string of the molecule is COc1ccc(OC)c(-c2nc3cc([N+](=O)[O-])cc(C)c3o2)c1. The van der Waals surface area contributed by atoms with E-state index >= 15 is 0 Å². The molecule has 0 amide bonds. The molecule has 0 saturated carbocycles. The van der Waals surface area contributed by atoms with Crippen molar-refractivity contribution in [1.82, 2.24) is 4.98 Å². The Hall–Kier alpha value is -3.09. The van der Waals surface area contributed by atoms with Crippen molar-refractivity contribution >= 4 is 16.8 Å². The molecule has 3 aromatic rings. The molecule has 0 aliphatic carbocycles. The molecule has 0 saturated heterocycles. The molecule has 0 spiro atoms. The monoisotopic (exact) mass is 314 g/mol. The van der Waals surface area contributed by atoms with Crippen molar-refractivity contribution in [3.05, 3.63) is 46.0 Å². The zero-order valence-electron chi connectivity index (χ0n) is 12.8. The van der Waals surface area contributed by atoms with Crippen LogP contribution in [0.1, 0.15) is 5.56 Å². The van der Waals surface area contributed by atoms with E-state index in [1.54, 1.807) is 39.3 Å². The lowest BCUT2D eigenvalue weighted by Gasteiger charge is -2.07. The van der Waals surface area contributed by atoms with Gasteiger partial charge < -0.3 is 13.9 Å². The fourth-order valence-electron chi connectivity index (χ4n) is 2.38. The molecule has 0 atom stereocenters. The van der Waals surface area contributed by atoms with Gasteiger partial charge in [-0.05, 0) is 25.1 Å². The third-order valence-corrected chi connectivity index (χ3v) is 3.51. The predicted octanol–water partition coefficient (Wildman–Crippen LogP) is 3.73. The van der Waals surface area contributed by atoms with Gasteiger partial charge in [0, 0.05) is 17.7 Å². The summed E-state index contributed by atoms with van der Waals surface area (Å²) in [6.07, 6.45) is 0. The third kappa shape index (κ3) is 2.57. The van der Waals surface area contributed by atoms with E-state index in [-0.39, 0.29) is 5.69 Å². The van der Waals surface area contributed by atoms with Gasteiger partial charge in [0.15, 0.2) is 5.58 Å². The van der Waals surface area contributed by atoms with Crippen LogP contribution < -0.4 is 9.47 Å². The molecule has 2 aromatic carbocycles. The molecule has 0 unspecified atom stereocenters. The van der Waals surface area contributed by atoms with E-state index in [2.05, 4.69) is 4.98 Å². The highest BCUT2D eigenvalue weighted by atomic mass is 16.6. The molecular weight excluding hydrogens is 300 g/mol. The molecule has 7 heteroatoms. The molecule has 1 aromatic heterocycles. The van der Waals surface area contributed by atoms with Gasteiger partial charge in [-0.3, -0.25) is 10.1 Å². The van der Waals surface area contributed by atoms with Crippen LogP contribution in [0.4, 0.5) is 5.69 Å². The highest BCUT2D eigenvalue weighted by molar-refractivity contribution is 5.82. The van der Waals surface area contributed by atoms with E-state index in [0.717, 1.165) is 0 Å². The van der Waals surface area contributed by atoms with Crippen molar-refractivity contribution in [3.8, 4) is 23.0 Å². The van der Waals surface area contributed by atoms with Crippen LogP contribution in [0.25, 0.3) is 22.6 Å². The van der Waals surface area contributed by atoms with Gasteiger partial charge in [-0.25, -0.2) is 4.98 Å². The zero-order valence-corrected chi connectivity index (χ0v) is 12.8. The van der Waals surface area contributed by atoms with E-state index in [1.165, 1.54) is 12.1 Å². The number of ether oxygens (including phenoxy) is 2. The molecule has 0 aliphatic heterocycles. The second-order valence-electron chi connectivity index (χ2n) is 4.95. The minimum Gasteiger partial charge on any atom is -0.497 e. The summed E-state index contributed by atoms with van der Waals surface area (Å²) in [7, 11) is 3.11. The number of fused-ring (bicyclic) bond motifs is 1. The molecule has 0 radical (unpaired) electrons. The van der Waals surface area contributed by atoms with Crippen molar-refractivity contribution in [2.24, 2.45) is 0 Å². The predicted molar refractivity (Wildman–Crippen MR) is 83.9 cm³/mol. The molecule has 0 fully saturated rings. The lowest BCUT2D eigenvalue weighted by Crippen LogP contribution is -1.90. The third-order valence-electron chi connectivity index (χ3n) is 3.51. The molecule has 0 N–H and O–H groups in total. The first-order valence-corrected chi connectivity index (χ1v) is 6.81. The van der Waals surface area contributed by atoms with Crippen LogP contribution in [0.3, 0.4) is 0 Å². The normalized spacial score (nSPS) is 10.7. The van der Waals surface area contributed by atoms with Crippen molar-refractivity contribution in [3.63, 3.8) is 0 Å². The number of methoxy groups -OCH3 is 2. The number of nitro groups is 1. The summed E-state index contributed by atoms with van der Waals surface area (Å²) in [4.78, 5) is 14.9. The number of hydrogen-bond acceptors (Lipinski definition) is 6. The van der Waals surface area contributed by atoms with Gasteiger partial charge in [-0.15, -0.1) is 0 Å². The van der Waals surface area contributed by atoms with Crippen molar-refractivity contribution in [2.75, 3.05) is 14.2 Å². The highest BCUT2D eigenvalue weighted by Crippen LogP contribution is 2.36. The van der Waals surface area contributed by atoms with E-state index in [0.29, 0.717) is 39.6 Å². The molecular formula is C16H14N2O5.